The van der Waals surface area contributed by atoms with Crippen molar-refractivity contribution in [2.45, 2.75) is 13.0 Å². The maximum absolute atomic E-state index is 13.3. The van der Waals surface area contributed by atoms with Crippen LogP contribution >= 0.6 is 0 Å². The van der Waals surface area contributed by atoms with Crippen LogP contribution in [0.5, 0.6) is 0 Å². The Morgan fingerprint density at radius 1 is 1.47 bits per heavy atom. The topological polar surface area (TPSA) is 32.3 Å². The highest BCUT2D eigenvalue weighted by Gasteiger charge is 2.16. The Bertz CT molecular complexity index is 401. The fourth-order valence-corrected chi connectivity index (χ4v) is 1.73. The fourth-order valence-electron chi connectivity index (χ4n) is 1.73. The first-order valence-corrected chi connectivity index (χ1v) is 5.04. The fraction of sp³-hybridized carbons (Fsp3) is 0.333. The first kappa shape index (κ1) is 10.3. The molecule has 0 saturated heterocycles. The molecule has 0 bridgehead atoms. The molecular formula is C12H14FNO. The molecule has 0 aromatic heterocycles. The summed E-state index contributed by atoms with van der Waals surface area (Å²) in [4.78, 5) is 0. The molecule has 2 N–H and O–H groups in total. The molecule has 1 aromatic carbocycles. The zero-order valence-corrected chi connectivity index (χ0v) is 8.63. The van der Waals surface area contributed by atoms with Gasteiger partial charge in [0.2, 0.25) is 0 Å². The van der Waals surface area contributed by atoms with Gasteiger partial charge in [-0.1, -0.05) is 18.2 Å². The van der Waals surface area contributed by atoms with Gasteiger partial charge in [0.25, 0.3) is 0 Å². The molecule has 0 fully saturated rings. The Kier molecular flexibility index (Phi) is 2.84. The normalized spacial score (nSPS) is 21.3. The van der Waals surface area contributed by atoms with Crippen LogP contribution in [0.3, 0.4) is 0 Å². The molecule has 15 heavy (non-hydrogen) atoms. The van der Waals surface area contributed by atoms with Gasteiger partial charge in [-0.25, -0.2) is 4.39 Å². The molecule has 2 rings (SSSR count). The lowest BCUT2D eigenvalue weighted by atomic mass is 9.97. The lowest BCUT2D eigenvalue weighted by Gasteiger charge is -2.20. The number of hydrogen-bond donors (Lipinski definition) is 2. The molecule has 1 heterocycles. The third-order valence-corrected chi connectivity index (χ3v) is 2.67. The van der Waals surface area contributed by atoms with Crippen LogP contribution in [0.2, 0.25) is 0 Å². The van der Waals surface area contributed by atoms with E-state index < -0.39 is 6.10 Å². The minimum absolute atomic E-state index is 0.223. The lowest BCUT2D eigenvalue weighted by molar-refractivity contribution is 0.225. The SMILES string of the molecule is Cc1ccc(C2=CCNCC2O)cc1F. The molecule has 1 atom stereocenters. The van der Waals surface area contributed by atoms with E-state index in [1.807, 2.05) is 12.1 Å². The summed E-state index contributed by atoms with van der Waals surface area (Å²) < 4.78 is 13.3. The molecule has 0 amide bonds. The molecular weight excluding hydrogens is 193 g/mol. The van der Waals surface area contributed by atoms with Crippen molar-refractivity contribution < 1.29 is 9.50 Å². The predicted molar refractivity (Wildman–Crippen MR) is 58.0 cm³/mol. The molecule has 2 nitrogen and oxygen atoms in total. The summed E-state index contributed by atoms with van der Waals surface area (Å²) in [5.41, 5.74) is 2.21. The minimum Gasteiger partial charge on any atom is -0.387 e. The van der Waals surface area contributed by atoms with Crippen LogP contribution in [0.4, 0.5) is 4.39 Å². The second-order valence-electron chi connectivity index (χ2n) is 3.80. The highest BCUT2D eigenvalue weighted by atomic mass is 19.1. The first-order valence-electron chi connectivity index (χ1n) is 5.04. The van der Waals surface area contributed by atoms with Crippen LogP contribution in [0.1, 0.15) is 11.1 Å². The van der Waals surface area contributed by atoms with Gasteiger partial charge >= 0.3 is 0 Å². The monoisotopic (exact) mass is 207 g/mol. The molecule has 0 radical (unpaired) electrons. The number of aryl methyl sites for hydroxylation is 1. The number of aliphatic hydroxyl groups is 1. The number of benzene rings is 1. The largest absolute Gasteiger partial charge is 0.387 e. The summed E-state index contributed by atoms with van der Waals surface area (Å²) in [6, 6.07) is 5.06. The van der Waals surface area contributed by atoms with E-state index in [-0.39, 0.29) is 5.82 Å². The van der Waals surface area contributed by atoms with Crippen LogP contribution in [0.15, 0.2) is 24.3 Å². The average molecular weight is 207 g/mol. The number of aliphatic hydroxyl groups excluding tert-OH is 1. The molecule has 0 spiro atoms. The summed E-state index contributed by atoms with van der Waals surface area (Å²) in [5, 5.41) is 12.8. The first-order chi connectivity index (χ1) is 7.18. The number of hydrogen-bond acceptors (Lipinski definition) is 2. The van der Waals surface area contributed by atoms with Crippen LogP contribution < -0.4 is 5.32 Å². The molecule has 3 heteroatoms. The molecule has 1 unspecified atom stereocenters. The Morgan fingerprint density at radius 3 is 2.93 bits per heavy atom. The quantitative estimate of drug-likeness (QED) is 0.731. The van der Waals surface area contributed by atoms with Crippen molar-refractivity contribution in [1.82, 2.24) is 5.32 Å². The summed E-state index contributed by atoms with van der Waals surface area (Å²) in [7, 11) is 0. The van der Waals surface area contributed by atoms with Crippen molar-refractivity contribution in [3.8, 4) is 0 Å². The zero-order valence-electron chi connectivity index (χ0n) is 8.63. The third-order valence-electron chi connectivity index (χ3n) is 2.67. The highest BCUT2D eigenvalue weighted by molar-refractivity contribution is 5.70. The van der Waals surface area contributed by atoms with E-state index in [1.54, 1.807) is 13.0 Å². The van der Waals surface area contributed by atoms with Crippen LogP contribution in [0, 0.1) is 12.7 Å². The van der Waals surface area contributed by atoms with Gasteiger partial charge in [0.05, 0.1) is 6.10 Å². The number of halogens is 1. The van der Waals surface area contributed by atoms with Gasteiger partial charge < -0.3 is 10.4 Å². The van der Waals surface area contributed by atoms with Gasteiger partial charge in [0.15, 0.2) is 0 Å². The zero-order chi connectivity index (χ0) is 10.8. The smallest absolute Gasteiger partial charge is 0.126 e. The molecule has 0 aliphatic carbocycles. The van der Waals surface area contributed by atoms with Crippen LogP contribution in [0.25, 0.3) is 5.57 Å². The lowest BCUT2D eigenvalue weighted by Crippen LogP contribution is -2.32. The van der Waals surface area contributed by atoms with Crippen molar-refractivity contribution in [2.24, 2.45) is 0 Å². The Morgan fingerprint density at radius 2 is 2.27 bits per heavy atom. The number of rotatable bonds is 1. The van der Waals surface area contributed by atoms with E-state index in [0.29, 0.717) is 12.1 Å². The van der Waals surface area contributed by atoms with Crippen LogP contribution in [-0.4, -0.2) is 24.3 Å². The van der Waals surface area contributed by atoms with Crippen molar-refractivity contribution in [2.75, 3.05) is 13.1 Å². The Balaban J connectivity index is 2.36. The van der Waals surface area contributed by atoms with Gasteiger partial charge in [0.1, 0.15) is 5.82 Å². The van der Waals surface area contributed by atoms with E-state index in [0.717, 1.165) is 17.7 Å². The third kappa shape index (κ3) is 2.08. The minimum atomic E-state index is -0.541. The maximum Gasteiger partial charge on any atom is 0.126 e. The van der Waals surface area contributed by atoms with Crippen molar-refractivity contribution in [1.29, 1.82) is 0 Å². The van der Waals surface area contributed by atoms with Gasteiger partial charge in [-0.3, -0.25) is 0 Å². The van der Waals surface area contributed by atoms with E-state index >= 15 is 0 Å². The van der Waals surface area contributed by atoms with E-state index in [9.17, 15) is 9.50 Å². The Labute approximate surface area is 88.4 Å². The maximum atomic E-state index is 13.3. The summed E-state index contributed by atoms with van der Waals surface area (Å²) in [6.45, 7) is 2.98. The van der Waals surface area contributed by atoms with Crippen molar-refractivity contribution >= 4 is 5.57 Å². The van der Waals surface area contributed by atoms with Crippen molar-refractivity contribution in [3.63, 3.8) is 0 Å². The molecule has 1 aliphatic rings. The van der Waals surface area contributed by atoms with Gasteiger partial charge in [-0.05, 0) is 29.7 Å². The predicted octanol–water partition coefficient (Wildman–Crippen LogP) is 1.48. The number of β-amino-alcohol motifs (C(OH)–C–C–N with tert-alkyl or cyclic N) is 1. The molecule has 1 aromatic rings. The number of nitrogens with one attached hydrogen (secondary N) is 1. The summed E-state index contributed by atoms with van der Waals surface area (Å²) >= 11 is 0. The van der Waals surface area contributed by atoms with Gasteiger partial charge in [-0.2, -0.15) is 0 Å². The molecule has 80 valence electrons. The summed E-state index contributed by atoms with van der Waals surface area (Å²) in [6.07, 6.45) is 1.36. The second-order valence-corrected chi connectivity index (χ2v) is 3.80. The van der Waals surface area contributed by atoms with E-state index in [2.05, 4.69) is 5.32 Å². The van der Waals surface area contributed by atoms with Gasteiger partial charge in [0, 0.05) is 13.1 Å². The van der Waals surface area contributed by atoms with E-state index in [4.69, 9.17) is 0 Å². The standard InChI is InChI=1S/C12H14FNO/c1-8-2-3-9(6-11(8)13)10-4-5-14-7-12(10)15/h2-4,6,12,14-15H,5,7H2,1H3. The van der Waals surface area contributed by atoms with E-state index in [1.165, 1.54) is 6.07 Å². The van der Waals surface area contributed by atoms with Crippen LogP contribution in [-0.2, 0) is 0 Å². The second kappa shape index (κ2) is 4.13. The Hall–Kier alpha value is -1.19. The highest BCUT2D eigenvalue weighted by Crippen LogP contribution is 2.22. The average Bonchev–Trinajstić information content (AvgIpc) is 2.23. The summed E-state index contributed by atoms with van der Waals surface area (Å²) in [5.74, 6) is -0.223. The molecule has 1 aliphatic heterocycles. The van der Waals surface area contributed by atoms with Gasteiger partial charge in [-0.15, -0.1) is 0 Å². The molecule has 0 saturated carbocycles. The van der Waals surface area contributed by atoms with Crippen molar-refractivity contribution in [3.05, 3.63) is 41.2 Å².